The lowest BCUT2D eigenvalue weighted by Crippen LogP contribution is -2.08. The predicted octanol–water partition coefficient (Wildman–Crippen LogP) is 1.72. The van der Waals surface area contributed by atoms with Gasteiger partial charge in [-0.2, -0.15) is 0 Å². The van der Waals surface area contributed by atoms with Crippen LogP contribution in [0.25, 0.3) is 11.3 Å². The van der Waals surface area contributed by atoms with Gasteiger partial charge < -0.3 is 10.4 Å². The van der Waals surface area contributed by atoms with Gasteiger partial charge in [-0.3, -0.25) is 14.8 Å². The molecule has 0 bridgehead atoms. The van der Waals surface area contributed by atoms with Crippen LogP contribution in [0.3, 0.4) is 0 Å². The Balaban J connectivity index is 2.15. The first kappa shape index (κ1) is 13.4. The topological polar surface area (TPSA) is 92.2 Å². The van der Waals surface area contributed by atoms with Gasteiger partial charge in [0, 0.05) is 42.0 Å². The fourth-order valence-electron chi connectivity index (χ4n) is 1.52. The number of nitrogens with one attached hydrogen (secondary N) is 1. The summed E-state index contributed by atoms with van der Waals surface area (Å²) >= 11 is 0. The maximum atomic E-state index is 11.5. The van der Waals surface area contributed by atoms with E-state index in [4.69, 9.17) is 5.11 Å². The zero-order valence-corrected chi connectivity index (χ0v) is 10.4. The van der Waals surface area contributed by atoms with Crippen LogP contribution in [0.2, 0.25) is 0 Å². The summed E-state index contributed by atoms with van der Waals surface area (Å²) < 4.78 is 0. The molecule has 0 radical (unpaired) electrons. The summed E-state index contributed by atoms with van der Waals surface area (Å²) in [4.78, 5) is 29.9. The fourth-order valence-corrected chi connectivity index (χ4v) is 1.52. The molecule has 2 rings (SSSR count). The molecule has 2 aromatic heterocycles. The van der Waals surface area contributed by atoms with Crippen LogP contribution in [0.5, 0.6) is 0 Å². The van der Waals surface area contributed by atoms with E-state index in [1.807, 2.05) is 0 Å². The first-order chi connectivity index (χ1) is 9.65. The van der Waals surface area contributed by atoms with E-state index in [0.717, 1.165) is 17.7 Å². The Kier molecular flexibility index (Phi) is 4.18. The number of anilines is 1. The zero-order chi connectivity index (χ0) is 14.4. The summed E-state index contributed by atoms with van der Waals surface area (Å²) in [6.07, 6.45) is 6.59. The van der Waals surface area contributed by atoms with Gasteiger partial charge in [-0.05, 0) is 24.3 Å². The highest BCUT2D eigenvalue weighted by molar-refractivity contribution is 6.02. The molecule has 1 amide bonds. The number of carboxylic acid groups (broad SMARTS) is 1. The lowest BCUT2D eigenvalue weighted by Gasteiger charge is -2.05. The Morgan fingerprint density at radius 2 is 1.85 bits per heavy atom. The van der Waals surface area contributed by atoms with Gasteiger partial charge in [0.15, 0.2) is 0 Å². The quantitative estimate of drug-likeness (QED) is 0.824. The summed E-state index contributed by atoms with van der Waals surface area (Å²) in [6, 6.07) is 6.93. The van der Waals surface area contributed by atoms with Crippen LogP contribution in [0, 0.1) is 0 Å². The van der Waals surface area contributed by atoms with Crippen molar-refractivity contribution >= 4 is 17.6 Å². The molecular weight excluding hydrogens is 258 g/mol. The second-order valence-electron chi connectivity index (χ2n) is 3.83. The average Bonchev–Trinajstić information content (AvgIpc) is 2.46. The largest absolute Gasteiger partial charge is 0.478 e. The minimum absolute atomic E-state index is 0.515. The van der Waals surface area contributed by atoms with Gasteiger partial charge in [-0.15, -0.1) is 0 Å². The SMILES string of the molecule is O=C(O)C=CC(=O)Nc1ccnc(-c2ccncc2)c1. The molecule has 2 N–H and O–H groups in total. The van der Waals surface area contributed by atoms with Crippen molar-refractivity contribution in [1.29, 1.82) is 0 Å². The van der Waals surface area contributed by atoms with Crippen LogP contribution < -0.4 is 5.32 Å². The van der Waals surface area contributed by atoms with Crippen LogP contribution in [-0.4, -0.2) is 27.0 Å². The number of aromatic nitrogens is 2. The van der Waals surface area contributed by atoms with Crippen molar-refractivity contribution in [2.75, 3.05) is 5.32 Å². The van der Waals surface area contributed by atoms with Crippen molar-refractivity contribution in [1.82, 2.24) is 9.97 Å². The third-order valence-corrected chi connectivity index (χ3v) is 2.38. The Hall–Kier alpha value is -3.02. The van der Waals surface area contributed by atoms with Crippen molar-refractivity contribution in [3.63, 3.8) is 0 Å². The monoisotopic (exact) mass is 269 g/mol. The highest BCUT2D eigenvalue weighted by Crippen LogP contribution is 2.19. The predicted molar refractivity (Wildman–Crippen MR) is 72.9 cm³/mol. The van der Waals surface area contributed by atoms with E-state index < -0.39 is 11.9 Å². The summed E-state index contributed by atoms with van der Waals surface area (Å²) in [5.41, 5.74) is 2.09. The van der Waals surface area contributed by atoms with Crippen molar-refractivity contribution < 1.29 is 14.7 Å². The molecule has 0 aliphatic rings. The van der Waals surface area contributed by atoms with E-state index in [1.165, 1.54) is 0 Å². The molecule has 6 heteroatoms. The van der Waals surface area contributed by atoms with E-state index >= 15 is 0 Å². The molecule has 0 aliphatic carbocycles. The number of nitrogens with zero attached hydrogens (tertiary/aromatic N) is 2. The normalized spacial score (nSPS) is 10.4. The Morgan fingerprint density at radius 1 is 1.10 bits per heavy atom. The van der Waals surface area contributed by atoms with Crippen LogP contribution >= 0.6 is 0 Å². The van der Waals surface area contributed by atoms with Crippen LogP contribution in [0.1, 0.15) is 0 Å². The molecule has 0 saturated heterocycles. The summed E-state index contributed by atoms with van der Waals surface area (Å²) in [5.74, 6) is -1.69. The molecule has 2 heterocycles. The number of rotatable bonds is 4. The molecule has 0 atom stereocenters. The van der Waals surface area contributed by atoms with Crippen molar-refractivity contribution in [2.45, 2.75) is 0 Å². The van der Waals surface area contributed by atoms with Crippen molar-refractivity contribution in [3.05, 3.63) is 55.0 Å². The van der Waals surface area contributed by atoms with Gasteiger partial charge >= 0.3 is 5.97 Å². The number of amides is 1. The molecule has 6 nitrogen and oxygen atoms in total. The number of hydrogen-bond acceptors (Lipinski definition) is 4. The molecule has 0 unspecified atom stereocenters. The van der Waals surface area contributed by atoms with E-state index in [0.29, 0.717) is 11.4 Å². The molecule has 0 aromatic carbocycles. The molecule has 0 spiro atoms. The molecular formula is C14H11N3O3. The standard InChI is InChI=1S/C14H11N3O3/c18-13(1-2-14(19)20)17-11-5-8-16-12(9-11)10-3-6-15-7-4-10/h1-9H,(H,19,20)(H,16,17,18). The number of carboxylic acids is 1. The third-order valence-electron chi connectivity index (χ3n) is 2.38. The van der Waals surface area contributed by atoms with Crippen LogP contribution in [0.15, 0.2) is 55.0 Å². The first-order valence-corrected chi connectivity index (χ1v) is 5.73. The van der Waals surface area contributed by atoms with E-state index in [1.54, 1.807) is 42.9 Å². The lowest BCUT2D eigenvalue weighted by molar-refractivity contribution is -0.131. The van der Waals surface area contributed by atoms with E-state index in [9.17, 15) is 9.59 Å². The second kappa shape index (κ2) is 6.24. The summed E-state index contributed by atoms with van der Waals surface area (Å²) in [5, 5.41) is 11.0. The zero-order valence-electron chi connectivity index (χ0n) is 10.4. The molecule has 0 fully saturated rings. The van der Waals surface area contributed by atoms with Gasteiger partial charge in [0.2, 0.25) is 5.91 Å². The number of pyridine rings is 2. The first-order valence-electron chi connectivity index (χ1n) is 5.73. The van der Waals surface area contributed by atoms with Crippen LogP contribution in [0.4, 0.5) is 5.69 Å². The fraction of sp³-hybridized carbons (Fsp3) is 0. The second-order valence-corrected chi connectivity index (χ2v) is 3.83. The maximum absolute atomic E-state index is 11.5. The van der Waals surface area contributed by atoms with Gasteiger partial charge in [0.05, 0.1) is 5.69 Å². The van der Waals surface area contributed by atoms with Gasteiger partial charge in [-0.1, -0.05) is 0 Å². The van der Waals surface area contributed by atoms with Gasteiger partial charge in [0.1, 0.15) is 0 Å². The smallest absolute Gasteiger partial charge is 0.328 e. The highest BCUT2D eigenvalue weighted by atomic mass is 16.4. The van der Waals surface area contributed by atoms with Gasteiger partial charge in [-0.25, -0.2) is 4.79 Å². The molecule has 2 aromatic rings. The highest BCUT2D eigenvalue weighted by Gasteiger charge is 2.03. The molecule has 20 heavy (non-hydrogen) atoms. The third kappa shape index (κ3) is 3.74. The summed E-state index contributed by atoms with van der Waals surface area (Å²) in [7, 11) is 0. The number of aliphatic carboxylic acids is 1. The minimum Gasteiger partial charge on any atom is -0.478 e. The number of carbonyl (C=O) groups excluding carboxylic acids is 1. The molecule has 0 aliphatic heterocycles. The Labute approximate surface area is 114 Å². The van der Waals surface area contributed by atoms with Crippen LogP contribution in [-0.2, 0) is 9.59 Å². The molecule has 100 valence electrons. The Morgan fingerprint density at radius 3 is 2.55 bits per heavy atom. The van der Waals surface area contributed by atoms with Gasteiger partial charge in [0.25, 0.3) is 0 Å². The number of hydrogen-bond donors (Lipinski definition) is 2. The number of carbonyl (C=O) groups is 2. The molecule has 0 saturated carbocycles. The van der Waals surface area contributed by atoms with Crippen molar-refractivity contribution in [2.24, 2.45) is 0 Å². The Bertz CT molecular complexity index is 654. The summed E-state index contributed by atoms with van der Waals surface area (Å²) in [6.45, 7) is 0. The van der Waals surface area contributed by atoms with Crippen molar-refractivity contribution in [3.8, 4) is 11.3 Å². The minimum atomic E-state index is -1.17. The van der Waals surface area contributed by atoms with E-state index in [2.05, 4.69) is 15.3 Å². The van der Waals surface area contributed by atoms with E-state index in [-0.39, 0.29) is 0 Å². The lowest BCUT2D eigenvalue weighted by atomic mass is 10.1. The average molecular weight is 269 g/mol. The maximum Gasteiger partial charge on any atom is 0.328 e.